The smallest absolute Gasteiger partial charge is 0.275 e. The Balaban J connectivity index is 0.00000442. The molecule has 3 aromatic rings. The van der Waals surface area contributed by atoms with Gasteiger partial charge in [0, 0.05) is 71.1 Å². The topological polar surface area (TPSA) is 73.0 Å². The standard InChI is InChI=1S/C33H33ClF2N4O3.ClH/c1-38(2)26-14-17-39(18-15-26)30(41)21-28-27-8-3-4-9-29(27)40(19-16-33(28,35)36)32(43)22-10-12-25(13-11-22)37-31(42)23-6-5-7-24(34)20-23;/h3-13,20-21,26H,14-19H2,1-2H3,(H,37,42);1H. The number of carbonyl (C=O) groups excluding carboxylic acids is 3. The minimum atomic E-state index is -3.32. The van der Waals surface area contributed by atoms with Crippen LogP contribution in [-0.4, -0.2) is 73.2 Å². The highest BCUT2D eigenvalue weighted by Gasteiger charge is 2.42. The van der Waals surface area contributed by atoms with Gasteiger partial charge in [-0.3, -0.25) is 14.4 Å². The first kappa shape index (κ1) is 33.1. The Morgan fingerprint density at radius 3 is 2.27 bits per heavy atom. The first-order chi connectivity index (χ1) is 20.5. The van der Waals surface area contributed by atoms with Gasteiger partial charge in [-0.1, -0.05) is 35.9 Å². The van der Waals surface area contributed by atoms with Crippen molar-refractivity contribution in [3.63, 3.8) is 0 Å². The van der Waals surface area contributed by atoms with Gasteiger partial charge in [-0.15, -0.1) is 12.4 Å². The van der Waals surface area contributed by atoms with Crippen molar-refractivity contribution in [3.8, 4) is 0 Å². The number of allylic oxidation sites excluding steroid dienone is 1. The van der Waals surface area contributed by atoms with Crippen LogP contribution in [0.1, 0.15) is 45.5 Å². The lowest BCUT2D eigenvalue weighted by atomic mass is 9.96. The number of alkyl halides is 2. The first-order valence-corrected chi connectivity index (χ1v) is 14.5. The molecule has 2 aliphatic heterocycles. The molecule has 1 fully saturated rings. The number of benzene rings is 3. The summed E-state index contributed by atoms with van der Waals surface area (Å²) in [6.07, 6.45) is 1.98. The van der Waals surface area contributed by atoms with Crippen LogP contribution in [0, 0.1) is 0 Å². The molecule has 232 valence electrons. The number of fused-ring (bicyclic) bond motifs is 1. The molecule has 0 radical (unpaired) electrons. The van der Waals surface area contributed by atoms with Crippen molar-refractivity contribution in [3.05, 3.63) is 101 Å². The maximum absolute atomic E-state index is 15.6. The number of hydrogen-bond acceptors (Lipinski definition) is 4. The van der Waals surface area contributed by atoms with Crippen molar-refractivity contribution in [2.45, 2.75) is 31.2 Å². The van der Waals surface area contributed by atoms with Crippen molar-refractivity contribution in [1.29, 1.82) is 0 Å². The van der Waals surface area contributed by atoms with Gasteiger partial charge in [0.2, 0.25) is 5.91 Å². The van der Waals surface area contributed by atoms with Gasteiger partial charge >= 0.3 is 0 Å². The molecule has 2 heterocycles. The molecule has 0 bridgehead atoms. The number of hydrogen-bond donors (Lipinski definition) is 1. The number of rotatable bonds is 5. The van der Waals surface area contributed by atoms with E-state index in [-0.39, 0.29) is 41.6 Å². The van der Waals surface area contributed by atoms with Crippen molar-refractivity contribution < 1.29 is 23.2 Å². The lowest BCUT2D eigenvalue weighted by Crippen LogP contribution is -2.44. The van der Waals surface area contributed by atoms with Crippen LogP contribution in [0.25, 0.3) is 5.57 Å². The summed E-state index contributed by atoms with van der Waals surface area (Å²) in [6.45, 7) is 0.757. The zero-order valence-corrected chi connectivity index (χ0v) is 26.0. The Morgan fingerprint density at radius 1 is 0.932 bits per heavy atom. The van der Waals surface area contributed by atoms with Gasteiger partial charge in [0.25, 0.3) is 17.7 Å². The highest BCUT2D eigenvalue weighted by Crippen LogP contribution is 2.43. The van der Waals surface area contributed by atoms with Crippen LogP contribution in [-0.2, 0) is 4.79 Å². The molecule has 7 nitrogen and oxygen atoms in total. The molecule has 1 N–H and O–H groups in total. The third-order valence-corrected chi connectivity index (χ3v) is 8.26. The van der Waals surface area contributed by atoms with E-state index >= 15 is 8.78 Å². The van der Waals surface area contributed by atoms with E-state index in [4.69, 9.17) is 11.6 Å². The van der Waals surface area contributed by atoms with Crippen molar-refractivity contribution in [2.24, 2.45) is 0 Å². The van der Waals surface area contributed by atoms with Crippen LogP contribution in [0.3, 0.4) is 0 Å². The quantitative estimate of drug-likeness (QED) is 0.317. The molecule has 0 unspecified atom stereocenters. The molecule has 2 aliphatic rings. The van der Waals surface area contributed by atoms with E-state index in [0.717, 1.165) is 18.9 Å². The minimum Gasteiger partial charge on any atom is -0.339 e. The van der Waals surface area contributed by atoms with Crippen LogP contribution in [0.4, 0.5) is 20.2 Å². The Hall–Kier alpha value is -3.79. The Morgan fingerprint density at radius 2 is 1.61 bits per heavy atom. The zero-order chi connectivity index (χ0) is 30.7. The minimum absolute atomic E-state index is 0. The molecule has 0 aliphatic carbocycles. The molecule has 0 saturated carbocycles. The van der Waals surface area contributed by atoms with E-state index in [1.54, 1.807) is 71.6 Å². The number of anilines is 2. The molecular weight excluding hydrogens is 609 g/mol. The highest BCUT2D eigenvalue weighted by molar-refractivity contribution is 6.31. The molecule has 3 amide bonds. The molecule has 1 saturated heterocycles. The van der Waals surface area contributed by atoms with Crippen molar-refractivity contribution in [2.75, 3.05) is 43.9 Å². The third kappa shape index (κ3) is 7.29. The largest absolute Gasteiger partial charge is 0.339 e. The summed E-state index contributed by atoms with van der Waals surface area (Å²) in [7, 11) is 3.99. The van der Waals surface area contributed by atoms with Crippen LogP contribution in [0.2, 0.25) is 5.02 Å². The maximum atomic E-state index is 15.6. The summed E-state index contributed by atoms with van der Waals surface area (Å²) >= 11 is 5.98. The summed E-state index contributed by atoms with van der Waals surface area (Å²) in [5.74, 6) is -4.59. The number of nitrogens with zero attached hydrogens (tertiary/aromatic N) is 3. The Bertz CT molecular complexity index is 1550. The normalized spacial score (nSPS) is 17.5. The number of likely N-dealkylation sites (tertiary alicyclic amines) is 1. The van der Waals surface area contributed by atoms with Gasteiger partial charge in [-0.2, -0.15) is 0 Å². The van der Waals surface area contributed by atoms with Gasteiger partial charge < -0.3 is 20.0 Å². The lowest BCUT2D eigenvalue weighted by molar-refractivity contribution is -0.127. The van der Waals surface area contributed by atoms with Crippen molar-refractivity contribution in [1.82, 2.24) is 9.80 Å². The van der Waals surface area contributed by atoms with Crippen LogP contribution >= 0.6 is 24.0 Å². The second kappa shape index (κ2) is 13.9. The number of para-hydroxylation sites is 1. The van der Waals surface area contributed by atoms with Crippen LogP contribution in [0.15, 0.2) is 78.9 Å². The molecule has 0 atom stereocenters. The van der Waals surface area contributed by atoms with E-state index in [1.807, 2.05) is 14.1 Å². The summed E-state index contributed by atoms with van der Waals surface area (Å²) in [6, 6.07) is 19.6. The average Bonchev–Trinajstić information content (AvgIpc) is 3.10. The second-order valence-corrected chi connectivity index (χ2v) is 11.5. The summed E-state index contributed by atoms with van der Waals surface area (Å²) < 4.78 is 31.3. The number of carbonyl (C=O) groups is 3. The van der Waals surface area contributed by atoms with Gasteiger partial charge in [-0.25, -0.2) is 8.78 Å². The SMILES string of the molecule is CN(C)C1CCN(C(=O)C=C2c3ccccc3N(C(=O)c3ccc(NC(=O)c4cccc(Cl)c4)cc3)CCC2(F)F)CC1.Cl. The fourth-order valence-electron chi connectivity index (χ4n) is 5.54. The maximum Gasteiger partial charge on any atom is 0.275 e. The van der Waals surface area contributed by atoms with Gasteiger partial charge in [0.1, 0.15) is 0 Å². The molecule has 11 heteroatoms. The Kier molecular flexibility index (Phi) is 10.4. The molecule has 5 rings (SSSR count). The van der Waals surface area contributed by atoms with E-state index < -0.39 is 24.2 Å². The third-order valence-electron chi connectivity index (χ3n) is 8.02. The summed E-state index contributed by atoms with van der Waals surface area (Å²) in [5.41, 5.74) is 1.20. The van der Waals surface area contributed by atoms with Gasteiger partial charge in [-0.05, 0) is 75.5 Å². The first-order valence-electron chi connectivity index (χ1n) is 14.2. The van der Waals surface area contributed by atoms with Crippen LogP contribution in [0.5, 0.6) is 0 Å². The summed E-state index contributed by atoms with van der Waals surface area (Å²) in [4.78, 5) is 44.5. The molecule has 44 heavy (non-hydrogen) atoms. The number of nitrogens with one attached hydrogen (secondary N) is 1. The zero-order valence-electron chi connectivity index (χ0n) is 24.4. The number of piperidine rings is 1. The number of amides is 3. The van der Waals surface area contributed by atoms with Crippen molar-refractivity contribution >= 4 is 58.7 Å². The molecule has 3 aromatic carbocycles. The molecule has 0 aromatic heterocycles. The molecular formula is C33H34Cl2F2N4O3. The van der Waals surface area contributed by atoms with Crippen LogP contribution < -0.4 is 10.2 Å². The fraction of sp³-hybridized carbons (Fsp3) is 0.303. The Labute approximate surface area is 266 Å². The monoisotopic (exact) mass is 642 g/mol. The summed E-state index contributed by atoms with van der Waals surface area (Å²) in [5, 5.41) is 3.19. The predicted octanol–water partition coefficient (Wildman–Crippen LogP) is 6.64. The fourth-order valence-corrected chi connectivity index (χ4v) is 5.73. The van der Waals surface area contributed by atoms with Gasteiger partial charge in [0.15, 0.2) is 0 Å². The number of halogens is 4. The molecule has 0 spiro atoms. The highest BCUT2D eigenvalue weighted by atomic mass is 35.5. The second-order valence-electron chi connectivity index (χ2n) is 11.0. The van der Waals surface area contributed by atoms with E-state index in [2.05, 4.69) is 10.2 Å². The average molecular weight is 644 g/mol. The van der Waals surface area contributed by atoms with Gasteiger partial charge in [0.05, 0.1) is 5.69 Å². The predicted molar refractivity (Wildman–Crippen MR) is 172 cm³/mol. The van der Waals surface area contributed by atoms with E-state index in [9.17, 15) is 14.4 Å². The van der Waals surface area contributed by atoms with E-state index in [0.29, 0.717) is 41.1 Å². The van der Waals surface area contributed by atoms with E-state index in [1.165, 1.54) is 11.0 Å². The lowest BCUT2D eigenvalue weighted by Gasteiger charge is -2.35.